The zero-order chi connectivity index (χ0) is 17.0. The van der Waals surface area contributed by atoms with Crippen molar-refractivity contribution < 1.29 is 0 Å². The molecule has 128 valence electrons. The smallest absolute Gasteiger partial charge is 0.0486 e. The van der Waals surface area contributed by atoms with Crippen molar-refractivity contribution in [3.8, 4) is 0 Å². The maximum atomic E-state index is 4.46. The molecule has 1 N–H and O–H groups in total. The lowest BCUT2D eigenvalue weighted by atomic mass is 9.98. The Balaban J connectivity index is 1.58. The van der Waals surface area contributed by atoms with Crippen molar-refractivity contribution in [2.24, 2.45) is 0 Å². The minimum atomic E-state index is 0.556. The van der Waals surface area contributed by atoms with Gasteiger partial charge in [-0.3, -0.25) is 4.98 Å². The molecule has 0 aliphatic carbocycles. The topological polar surface area (TPSA) is 29.9 Å². The molecule has 0 radical (unpaired) electrons. The summed E-state index contributed by atoms with van der Waals surface area (Å²) in [6.45, 7) is 5.29. The normalized spacial score (nSPS) is 21.7. The summed E-state index contributed by atoms with van der Waals surface area (Å²) in [4.78, 5) is 4.46. The zero-order valence-corrected chi connectivity index (χ0v) is 15.0. The summed E-state index contributed by atoms with van der Waals surface area (Å²) in [5.41, 5.74) is 8.33. The third-order valence-corrected chi connectivity index (χ3v) is 6.00. The molecule has 2 aliphatic heterocycles. The van der Waals surface area contributed by atoms with Gasteiger partial charge in [0.05, 0.1) is 0 Å². The van der Waals surface area contributed by atoms with Crippen LogP contribution < -0.4 is 5.32 Å². The van der Waals surface area contributed by atoms with Crippen molar-refractivity contribution >= 4 is 10.9 Å². The van der Waals surface area contributed by atoms with Crippen LogP contribution in [0.15, 0.2) is 36.5 Å². The quantitative estimate of drug-likeness (QED) is 0.778. The van der Waals surface area contributed by atoms with Gasteiger partial charge >= 0.3 is 0 Å². The monoisotopic (exact) mass is 331 g/mol. The molecule has 3 aromatic rings. The van der Waals surface area contributed by atoms with Crippen LogP contribution in [-0.2, 0) is 19.4 Å². The molecule has 4 heterocycles. The molecular weight excluding hydrogens is 306 g/mol. The Morgan fingerprint density at radius 3 is 2.92 bits per heavy atom. The third kappa shape index (κ3) is 2.49. The van der Waals surface area contributed by atoms with Gasteiger partial charge in [0.1, 0.15) is 0 Å². The average Bonchev–Trinajstić information content (AvgIpc) is 3.13. The Hall–Kier alpha value is -2.13. The van der Waals surface area contributed by atoms with Gasteiger partial charge in [-0.15, -0.1) is 0 Å². The summed E-state index contributed by atoms with van der Waals surface area (Å²) in [6.07, 6.45) is 6.84. The van der Waals surface area contributed by atoms with Crippen molar-refractivity contribution in [3.63, 3.8) is 0 Å². The van der Waals surface area contributed by atoms with Crippen molar-refractivity contribution in [1.29, 1.82) is 0 Å². The van der Waals surface area contributed by atoms with Crippen molar-refractivity contribution in [3.05, 3.63) is 64.6 Å². The van der Waals surface area contributed by atoms with E-state index >= 15 is 0 Å². The summed E-state index contributed by atoms with van der Waals surface area (Å²) in [5.74, 6) is 0. The molecule has 0 spiro atoms. The molecule has 2 aromatic heterocycles. The van der Waals surface area contributed by atoms with Gasteiger partial charge in [-0.2, -0.15) is 0 Å². The lowest BCUT2D eigenvalue weighted by molar-refractivity contribution is 0.495. The van der Waals surface area contributed by atoms with E-state index < -0.39 is 0 Å². The van der Waals surface area contributed by atoms with E-state index in [1.165, 1.54) is 41.3 Å². The molecule has 0 saturated carbocycles. The van der Waals surface area contributed by atoms with Gasteiger partial charge in [0.15, 0.2) is 0 Å². The lowest BCUT2D eigenvalue weighted by Gasteiger charge is -2.24. The largest absolute Gasteiger partial charge is 0.344 e. The van der Waals surface area contributed by atoms with Crippen LogP contribution in [0, 0.1) is 13.8 Å². The molecular formula is C22H25N3. The van der Waals surface area contributed by atoms with E-state index in [4.69, 9.17) is 0 Å². The summed E-state index contributed by atoms with van der Waals surface area (Å²) in [6, 6.07) is 12.5. The number of hydrogen-bond donors (Lipinski definition) is 1. The Bertz CT molecular complexity index is 936. The highest BCUT2D eigenvalue weighted by atomic mass is 15.1. The molecule has 2 bridgehead atoms. The van der Waals surface area contributed by atoms with Crippen LogP contribution in [0.3, 0.4) is 0 Å². The average molecular weight is 331 g/mol. The van der Waals surface area contributed by atoms with Gasteiger partial charge < -0.3 is 9.88 Å². The first-order valence-electron chi connectivity index (χ1n) is 9.48. The van der Waals surface area contributed by atoms with E-state index in [9.17, 15) is 0 Å². The Morgan fingerprint density at radius 2 is 2.08 bits per heavy atom. The van der Waals surface area contributed by atoms with Crippen molar-refractivity contribution in [2.45, 2.75) is 58.2 Å². The van der Waals surface area contributed by atoms with E-state index in [0.717, 1.165) is 18.7 Å². The molecule has 2 atom stereocenters. The van der Waals surface area contributed by atoms with Gasteiger partial charge in [0.2, 0.25) is 0 Å². The number of benzene rings is 1. The fraction of sp³-hybridized carbons (Fsp3) is 0.409. The molecule has 25 heavy (non-hydrogen) atoms. The minimum Gasteiger partial charge on any atom is -0.344 e. The first-order valence-corrected chi connectivity index (χ1v) is 9.48. The summed E-state index contributed by atoms with van der Waals surface area (Å²) >= 11 is 0. The molecule has 1 aromatic carbocycles. The third-order valence-electron chi connectivity index (χ3n) is 6.00. The molecule has 1 saturated heterocycles. The van der Waals surface area contributed by atoms with Gasteiger partial charge in [0, 0.05) is 53.5 Å². The predicted octanol–water partition coefficient (Wildman–Crippen LogP) is 4.25. The van der Waals surface area contributed by atoms with Crippen LogP contribution in [0.2, 0.25) is 0 Å². The zero-order valence-electron chi connectivity index (χ0n) is 15.0. The number of fused-ring (bicyclic) bond motifs is 6. The minimum absolute atomic E-state index is 0.556. The van der Waals surface area contributed by atoms with E-state index in [-0.39, 0.29) is 0 Å². The number of hydrogen-bond acceptors (Lipinski definition) is 2. The number of rotatable bonds is 3. The molecule has 0 unspecified atom stereocenters. The molecule has 2 aliphatic rings. The van der Waals surface area contributed by atoms with E-state index in [1.807, 2.05) is 13.1 Å². The Labute approximate surface area is 149 Å². The predicted molar refractivity (Wildman–Crippen MR) is 102 cm³/mol. The van der Waals surface area contributed by atoms with E-state index in [1.54, 1.807) is 11.3 Å². The fourth-order valence-electron chi connectivity index (χ4n) is 4.74. The van der Waals surface area contributed by atoms with Gasteiger partial charge in [-0.1, -0.05) is 17.7 Å². The fourth-order valence-corrected chi connectivity index (χ4v) is 4.74. The Morgan fingerprint density at radius 1 is 1.16 bits per heavy atom. The maximum Gasteiger partial charge on any atom is 0.0486 e. The van der Waals surface area contributed by atoms with Crippen LogP contribution in [0.1, 0.15) is 47.0 Å². The number of nitrogens with one attached hydrogen (secondary N) is 1. The van der Waals surface area contributed by atoms with Crippen LogP contribution in [-0.4, -0.2) is 15.6 Å². The molecule has 5 rings (SSSR count). The molecule has 0 amide bonds. The molecule has 1 fully saturated rings. The van der Waals surface area contributed by atoms with Crippen molar-refractivity contribution in [1.82, 2.24) is 14.9 Å². The summed E-state index contributed by atoms with van der Waals surface area (Å²) in [5, 5.41) is 5.30. The van der Waals surface area contributed by atoms with Crippen LogP contribution >= 0.6 is 0 Å². The highest BCUT2D eigenvalue weighted by Gasteiger charge is 2.36. The lowest BCUT2D eigenvalue weighted by Crippen LogP contribution is -2.32. The van der Waals surface area contributed by atoms with E-state index in [2.05, 4.69) is 52.1 Å². The van der Waals surface area contributed by atoms with Gasteiger partial charge in [-0.25, -0.2) is 0 Å². The van der Waals surface area contributed by atoms with E-state index in [0.29, 0.717) is 12.1 Å². The number of pyridine rings is 1. The van der Waals surface area contributed by atoms with Crippen LogP contribution in [0.25, 0.3) is 10.9 Å². The summed E-state index contributed by atoms with van der Waals surface area (Å²) in [7, 11) is 0. The highest BCUT2D eigenvalue weighted by Crippen LogP contribution is 2.42. The first kappa shape index (κ1) is 15.2. The van der Waals surface area contributed by atoms with Gasteiger partial charge in [0.25, 0.3) is 0 Å². The second-order valence-electron chi connectivity index (χ2n) is 7.79. The standard InChI is InChI=1S/C22H25N3/c1-14-3-8-20-18(11-14)22-19-7-6-17(24-19)12-21(22)25(20)10-9-16-5-4-15(2)23-13-16/h3-5,8,11,13,17,19,24H,6-7,9-10,12H2,1-2H3/t17-,19+/m1/s1. The Kier molecular flexibility index (Phi) is 3.46. The number of nitrogens with zero attached hydrogens (tertiary/aromatic N) is 2. The molecule has 3 heteroatoms. The van der Waals surface area contributed by atoms with Crippen LogP contribution in [0.5, 0.6) is 0 Å². The summed E-state index contributed by atoms with van der Waals surface area (Å²) < 4.78 is 2.59. The maximum absolute atomic E-state index is 4.46. The number of aryl methyl sites for hydroxylation is 4. The molecule has 3 nitrogen and oxygen atoms in total. The van der Waals surface area contributed by atoms with Crippen molar-refractivity contribution in [2.75, 3.05) is 0 Å². The van der Waals surface area contributed by atoms with Crippen LogP contribution in [0.4, 0.5) is 0 Å². The second-order valence-corrected chi connectivity index (χ2v) is 7.79. The highest BCUT2D eigenvalue weighted by molar-refractivity contribution is 5.87. The second kappa shape index (κ2) is 5.70. The van der Waals surface area contributed by atoms with Gasteiger partial charge in [-0.05, 0) is 62.4 Å². The number of aromatic nitrogens is 2. The SMILES string of the molecule is Cc1ccc2c(c1)c1c(n2CCc2ccc(C)nc2)C[C@H]2CC[C@@H]1N2. The first-order chi connectivity index (χ1) is 12.2.